The molecule has 0 radical (unpaired) electrons. The Bertz CT molecular complexity index is 168. The van der Waals surface area contributed by atoms with Crippen LogP contribution in [-0.4, -0.2) is 18.2 Å². The fraction of sp³-hybridized carbons (Fsp3) is 0.400. The molecule has 0 rings (SSSR count). The van der Waals surface area contributed by atoms with Gasteiger partial charge in [-0.25, -0.2) is 0 Å². The first-order chi connectivity index (χ1) is 4.18. The normalized spacial score (nSPS) is 7.56. The third kappa shape index (κ3) is 3.23. The molecule has 0 aliphatic rings. The van der Waals surface area contributed by atoms with Crippen molar-refractivity contribution in [3.63, 3.8) is 0 Å². The minimum atomic E-state index is -0.712. The number of amides is 1. The van der Waals surface area contributed by atoms with Crippen LogP contribution in [0.25, 0.3) is 0 Å². The summed E-state index contributed by atoms with van der Waals surface area (Å²) in [4.78, 5) is 20.4. The summed E-state index contributed by atoms with van der Waals surface area (Å²) in [6.45, 7) is 1.03. The molecule has 1 N–H and O–H groups in total. The molecule has 4 heteroatoms. The van der Waals surface area contributed by atoms with E-state index in [4.69, 9.17) is 5.26 Å². The fourth-order valence-corrected chi connectivity index (χ4v) is 0.244. The van der Waals surface area contributed by atoms with Gasteiger partial charge in [0.15, 0.2) is 0 Å². The number of nitriles is 1. The van der Waals surface area contributed by atoms with Crippen LogP contribution < -0.4 is 5.32 Å². The van der Waals surface area contributed by atoms with Crippen molar-refractivity contribution in [3.8, 4) is 6.07 Å². The molecule has 0 aromatic carbocycles. The number of nitrogens with one attached hydrogen (secondary N) is 1. The quantitative estimate of drug-likeness (QED) is 0.389. The van der Waals surface area contributed by atoms with Crippen molar-refractivity contribution >= 4 is 11.7 Å². The van der Waals surface area contributed by atoms with Crippen LogP contribution in [0.1, 0.15) is 6.92 Å². The first-order valence-corrected chi connectivity index (χ1v) is 2.34. The molecule has 0 fully saturated rings. The molecule has 0 bridgehead atoms. The number of hydrogen-bond donors (Lipinski definition) is 1. The summed E-state index contributed by atoms with van der Waals surface area (Å²) in [6, 6.07) is 1.67. The Morgan fingerprint density at radius 2 is 2.22 bits per heavy atom. The van der Waals surface area contributed by atoms with Gasteiger partial charge in [-0.2, -0.15) is 5.26 Å². The van der Waals surface area contributed by atoms with Gasteiger partial charge in [0.2, 0.25) is 5.78 Å². The molecule has 0 saturated heterocycles. The maximum atomic E-state index is 10.3. The van der Waals surface area contributed by atoms with Crippen LogP contribution in [0.4, 0.5) is 0 Å². The van der Waals surface area contributed by atoms with Gasteiger partial charge in [-0.1, -0.05) is 0 Å². The standard InChI is InChI=1S/C5H6N2O2/c1-4(8)5(9)7-3-2-6/h3H2,1H3,(H,7,9). The molecule has 48 valence electrons. The molecular weight excluding hydrogens is 120 g/mol. The van der Waals surface area contributed by atoms with Crippen molar-refractivity contribution in [2.75, 3.05) is 6.54 Å². The molecule has 4 nitrogen and oxygen atoms in total. The Morgan fingerprint density at radius 3 is 2.56 bits per heavy atom. The summed E-state index contributed by atoms with van der Waals surface area (Å²) in [6.07, 6.45) is 0. The molecule has 0 aliphatic heterocycles. The number of nitrogens with zero attached hydrogens (tertiary/aromatic N) is 1. The van der Waals surface area contributed by atoms with Crippen LogP contribution in [0.15, 0.2) is 0 Å². The van der Waals surface area contributed by atoms with E-state index in [0.29, 0.717) is 0 Å². The zero-order valence-electron chi connectivity index (χ0n) is 4.97. The second-order valence-electron chi connectivity index (χ2n) is 1.40. The van der Waals surface area contributed by atoms with Crippen LogP contribution >= 0.6 is 0 Å². The summed E-state index contributed by atoms with van der Waals surface area (Å²) < 4.78 is 0. The molecule has 9 heavy (non-hydrogen) atoms. The fourth-order valence-electron chi connectivity index (χ4n) is 0.244. The smallest absolute Gasteiger partial charge is 0.287 e. The third-order valence-electron chi connectivity index (χ3n) is 0.648. The summed E-state index contributed by atoms with van der Waals surface area (Å²) in [5.74, 6) is -1.29. The first kappa shape index (κ1) is 7.63. The van der Waals surface area contributed by atoms with Crippen molar-refractivity contribution < 1.29 is 9.59 Å². The van der Waals surface area contributed by atoms with E-state index in [2.05, 4.69) is 5.32 Å². The van der Waals surface area contributed by atoms with Crippen LogP contribution in [0, 0.1) is 11.3 Å². The molecule has 1 amide bonds. The van der Waals surface area contributed by atoms with Crippen molar-refractivity contribution in [2.24, 2.45) is 0 Å². The van der Waals surface area contributed by atoms with E-state index in [1.807, 2.05) is 0 Å². The van der Waals surface area contributed by atoms with Gasteiger partial charge in [0, 0.05) is 6.92 Å². The molecule has 0 unspecified atom stereocenters. The summed E-state index contributed by atoms with van der Waals surface area (Å²) in [5.41, 5.74) is 0. The van der Waals surface area contributed by atoms with Gasteiger partial charge in [0.05, 0.1) is 6.07 Å². The van der Waals surface area contributed by atoms with Crippen molar-refractivity contribution in [1.82, 2.24) is 5.32 Å². The molecular formula is C5H6N2O2. The number of carbonyl (C=O) groups excluding carboxylic acids is 2. The van der Waals surface area contributed by atoms with Gasteiger partial charge in [-0.3, -0.25) is 9.59 Å². The average Bonchev–Trinajstić information content (AvgIpc) is 1.82. The van der Waals surface area contributed by atoms with Gasteiger partial charge in [0.1, 0.15) is 6.54 Å². The number of carbonyl (C=O) groups is 2. The lowest BCUT2D eigenvalue weighted by Gasteiger charge is -1.91. The van der Waals surface area contributed by atoms with Crippen molar-refractivity contribution in [1.29, 1.82) is 5.26 Å². The predicted molar refractivity (Wildman–Crippen MR) is 29.3 cm³/mol. The Balaban J connectivity index is 3.55. The van der Waals surface area contributed by atoms with E-state index in [9.17, 15) is 9.59 Å². The minimum Gasteiger partial charge on any atom is -0.336 e. The molecule has 0 saturated carbocycles. The molecule has 0 heterocycles. The molecule has 0 atom stereocenters. The lowest BCUT2D eigenvalue weighted by molar-refractivity contribution is -0.136. The topological polar surface area (TPSA) is 70.0 Å². The van der Waals surface area contributed by atoms with E-state index < -0.39 is 11.7 Å². The number of Topliss-reactive ketones (excluding diaryl/α,β-unsaturated/α-hetero) is 1. The monoisotopic (exact) mass is 126 g/mol. The molecule has 0 spiro atoms. The van der Waals surface area contributed by atoms with Gasteiger partial charge in [0.25, 0.3) is 5.91 Å². The maximum Gasteiger partial charge on any atom is 0.287 e. The van der Waals surface area contributed by atoms with Crippen molar-refractivity contribution in [3.05, 3.63) is 0 Å². The zero-order valence-corrected chi connectivity index (χ0v) is 4.97. The van der Waals surface area contributed by atoms with Gasteiger partial charge < -0.3 is 5.32 Å². The van der Waals surface area contributed by atoms with Gasteiger partial charge in [-0.15, -0.1) is 0 Å². The van der Waals surface area contributed by atoms with E-state index >= 15 is 0 Å². The van der Waals surface area contributed by atoms with E-state index in [-0.39, 0.29) is 6.54 Å². The molecule has 0 aliphatic carbocycles. The highest BCUT2D eigenvalue weighted by Gasteiger charge is 2.03. The lowest BCUT2D eigenvalue weighted by atomic mass is 10.4. The highest BCUT2D eigenvalue weighted by Crippen LogP contribution is 1.66. The van der Waals surface area contributed by atoms with E-state index in [1.54, 1.807) is 6.07 Å². The SMILES string of the molecule is CC(=O)C(=O)NCC#N. The second-order valence-corrected chi connectivity index (χ2v) is 1.40. The van der Waals surface area contributed by atoms with Gasteiger partial charge >= 0.3 is 0 Å². The predicted octanol–water partition coefficient (Wildman–Crippen LogP) is -0.785. The summed E-state index contributed by atoms with van der Waals surface area (Å²) >= 11 is 0. The summed E-state index contributed by atoms with van der Waals surface area (Å²) in [7, 11) is 0. The van der Waals surface area contributed by atoms with Crippen LogP contribution in [0.2, 0.25) is 0 Å². The zero-order chi connectivity index (χ0) is 7.28. The van der Waals surface area contributed by atoms with E-state index in [1.165, 1.54) is 0 Å². The Morgan fingerprint density at radius 1 is 1.67 bits per heavy atom. The number of ketones is 1. The van der Waals surface area contributed by atoms with Gasteiger partial charge in [-0.05, 0) is 0 Å². The maximum absolute atomic E-state index is 10.3. The second kappa shape index (κ2) is 3.61. The summed E-state index contributed by atoms with van der Waals surface area (Å²) in [5, 5.41) is 10.0. The molecule has 0 aromatic rings. The lowest BCUT2D eigenvalue weighted by Crippen LogP contribution is -2.29. The minimum absolute atomic E-state index is 0.113. The average molecular weight is 126 g/mol. The largest absolute Gasteiger partial charge is 0.336 e. The van der Waals surface area contributed by atoms with Crippen LogP contribution in [0.3, 0.4) is 0 Å². The van der Waals surface area contributed by atoms with E-state index in [0.717, 1.165) is 6.92 Å². The Labute approximate surface area is 52.5 Å². The Hall–Kier alpha value is -1.37. The number of rotatable bonds is 2. The van der Waals surface area contributed by atoms with Crippen molar-refractivity contribution in [2.45, 2.75) is 6.92 Å². The highest BCUT2D eigenvalue weighted by atomic mass is 16.2. The molecule has 0 aromatic heterocycles. The Kier molecular flexibility index (Phi) is 3.06. The third-order valence-corrected chi connectivity index (χ3v) is 0.648. The highest BCUT2D eigenvalue weighted by molar-refractivity contribution is 6.35. The van der Waals surface area contributed by atoms with Crippen LogP contribution in [0.5, 0.6) is 0 Å². The van der Waals surface area contributed by atoms with Crippen LogP contribution in [-0.2, 0) is 9.59 Å². The first-order valence-electron chi connectivity index (χ1n) is 2.34. The number of hydrogen-bond acceptors (Lipinski definition) is 3.